The van der Waals surface area contributed by atoms with E-state index < -0.39 is 0 Å². The van der Waals surface area contributed by atoms with Crippen LogP contribution in [0.1, 0.15) is 25.0 Å². The summed E-state index contributed by atoms with van der Waals surface area (Å²) in [4.78, 5) is 6.79. The lowest BCUT2D eigenvalue weighted by Crippen LogP contribution is -2.29. The van der Waals surface area contributed by atoms with Crippen LogP contribution in [0.25, 0.3) is 0 Å². The van der Waals surface area contributed by atoms with Crippen molar-refractivity contribution in [2.75, 3.05) is 45.4 Å². The molecule has 5 nitrogen and oxygen atoms in total. The summed E-state index contributed by atoms with van der Waals surface area (Å²) in [5.74, 6) is 0. The molecule has 2 rings (SSSR count). The fourth-order valence-corrected chi connectivity index (χ4v) is 2.27. The van der Waals surface area contributed by atoms with Crippen LogP contribution in [0, 0.1) is 0 Å². The first kappa shape index (κ1) is 16.2. The third-order valence-corrected chi connectivity index (χ3v) is 3.66. The van der Waals surface area contributed by atoms with Crippen molar-refractivity contribution in [2.45, 2.75) is 31.8 Å². The average Bonchev–Trinajstić information content (AvgIpc) is 3.33. The molecule has 1 N–H and O–H groups in total. The normalized spacial score (nSPS) is 14.4. The van der Waals surface area contributed by atoms with Crippen LogP contribution >= 0.6 is 0 Å². The Hall–Kier alpha value is -1.17. The molecule has 0 spiro atoms. The second kappa shape index (κ2) is 8.97. The molecule has 1 fully saturated rings. The predicted molar refractivity (Wildman–Crippen MR) is 84.7 cm³/mol. The van der Waals surface area contributed by atoms with Crippen LogP contribution < -0.4 is 10.2 Å². The first-order chi connectivity index (χ1) is 10.3. The summed E-state index contributed by atoms with van der Waals surface area (Å²) < 4.78 is 10.4. The molecule has 1 aliphatic rings. The van der Waals surface area contributed by atoms with Crippen LogP contribution in [0.5, 0.6) is 0 Å². The minimum atomic E-state index is 0.710. The van der Waals surface area contributed by atoms with Crippen LogP contribution in [-0.2, 0) is 16.0 Å². The van der Waals surface area contributed by atoms with Crippen molar-refractivity contribution in [1.29, 1.82) is 0 Å². The van der Waals surface area contributed by atoms with E-state index in [1.165, 1.54) is 18.5 Å². The number of pyridine rings is 1. The van der Waals surface area contributed by atoms with E-state index in [1.807, 2.05) is 6.20 Å². The van der Waals surface area contributed by atoms with Crippen LogP contribution in [0.15, 0.2) is 18.3 Å². The van der Waals surface area contributed by atoms with Crippen molar-refractivity contribution in [3.8, 4) is 0 Å². The van der Waals surface area contributed by atoms with Crippen molar-refractivity contribution < 1.29 is 9.47 Å². The summed E-state index contributed by atoms with van der Waals surface area (Å²) in [6.07, 6.45) is 5.51. The van der Waals surface area contributed by atoms with Gasteiger partial charge in [-0.2, -0.15) is 0 Å². The van der Waals surface area contributed by atoms with Crippen molar-refractivity contribution in [3.63, 3.8) is 0 Å². The van der Waals surface area contributed by atoms with Gasteiger partial charge in [0.15, 0.2) is 0 Å². The third kappa shape index (κ3) is 5.99. The van der Waals surface area contributed by atoms with E-state index >= 15 is 0 Å². The number of ether oxygens (including phenoxy) is 2. The Balaban J connectivity index is 1.93. The summed E-state index contributed by atoms with van der Waals surface area (Å²) in [7, 11) is 3.48. The van der Waals surface area contributed by atoms with E-state index in [-0.39, 0.29) is 0 Å². The summed E-state index contributed by atoms with van der Waals surface area (Å²) in [6, 6.07) is 4.96. The van der Waals surface area contributed by atoms with Gasteiger partial charge in [-0.1, -0.05) is 0 Å². The van der Waals surface area contributed by atoms with Crippen LogP contribution in [0.4, 0.5) is 5.69 Å². The van der Waals surface area contributed by atoms with Crippen LogP contribution in [-0.4, -0.2) is 51.5 Å². The number of anilines is 1. The largest absolute Gasteiger partial charge is 0.385 e. The smallest absolute Gasteiger partial charge is 0.0637 e. The second-order valence-corrected chi connectivity index (χ2v) is 5.49. The van der Waals surface area contributed by atoms with Gasteiger partial charge < -0.3 is 19.7 Å². The average molecular weight is 293 g/mol. The van der Waals surface area contributed by atoms with Gasteiger partial charge >= 0.3 is 0 Å². The molecule has 1 aromatic heterocycles. The molecule has 0 aromatic carbocycles. The number of nitrogens with zero attached hydrogens (tertiary/aromatic N) is 2. The van der Waals surface area contributed by atoms with E-state index in [1.54, 1.807) is 14.2 Å². The van der Waals surface area contributed by atoms with Gasteiger partial charge in [0.2, 0.25) is 0 Å². The predicted octanol–water partition coefficient (Wildman–Crippen LogP) is 1.82. The lowest BCUT2D eigenvalue weighted by molar-refractivity contribution is 0.191. The number of rotatable bonds is 11. The monoisotopic (exact) mass is 293 g/mol. The fraction of sp³-hybridized carbons (Fsp3) is 0.688. The minimum absolute atomic E-state index is 0.710. The minimum Gasteiger partial charge on any atom is -0.385 e. The topological polar surface area (TPSA) is 46.6 Å². The zero-order chi connectivity index (χ0) is 14.9. The summed E-state index contributed by atoms with van der Waals surface area (Å²) in [5.41, 5.74) is 2.32. The zero-order valence-electron chi connectivity index (χ0n) is 13.2. The van der Waals surface area contributed by atoms with Gasteiger partial charge in [-0.15, -0.1) is 0 Å². The van der Waals surface area contributed by atoms with E-state index in [9.17, 15) is 0 Å². The Morgan fingerprint density at radius 2 is 2.05 bits per heavy atom. The molecule has 0 radical (unpaired) electrons. The molecule has 0 unspecified atom stereocenters. The van der Waals surface area contributed by atoms with Crippen LogP contribution in [0.3, 0.4) is 0 Å². The Bertz CT molecular complexity index is 410. The van der Waals surface area contributed by atoms with Crippen molar-refractivity contribution in [2.24, 2.45) is 0 Å². The van der Waals surface area contributed by atoms with Crippen molar-refractivity contribution in [3.05, 3.63) is 24.0 Å². The Labute approximate surface area is 127 Å². The zero-order valence-corrected chi connectivity index (χ0v) is 13.2. The van der Waals surface area contributed by atoms with Gasteiger partial charge in [0.1, 0.15) is 0 Å². The molecule has 0 bridgehead atoms. The quantitative estimate of drug-likeness (QED) is 0.631. The maximum Gasteiger partial charge on any atom is 0.0637 e. The van der Waals surface area contributed by atoms with Gasteiger partial charge in [0.05, 0.1) is 12.3 Å². The SMILES string of the molecule is COCCCN(CCOC)c1ccnc(CNC2CC2)c1. The molecule has 0 atom stereocenters. The van der Waals surface area contributed by atoms with Gasteiger partial charge in [-0.3, -0.25) is 4.98 Å². The number of aromatic nitrogens is 1. The van der Waals surface area contributed by atoms with E-state index in [2.05, 4.69) is 27.3 Å². The first-order valence-electron chi connectivity index (χ1n) is 7.74. The molecule has 1 aromatic rings. The lowest BCUT2D eigenvalue weighted by atomic mass is 10.2. The number of nitrogens with one attached hydrogen (secondary N) is 1. The summed E-state index contributed by atoms with van der Waals surface area (Å²) in [6.45, 7) is 4.22. The molecule has 21 heavy (non-hydrogen) atoms. The Morgan fingerprint density at radius 3 is 2.76 bits per heavy atom. The number of methoxy groups -OCH3 is 2. The first-order valence-corrected chi connectivity index (χ1v) is 7.74. The second-order valence-electron chi connectivity index (χ2n) is 5.49. The standard InChI is InChI=1S/C16H27N3O2/c1-20-10-3-8-19(9-11-21-2)16-6-7-17-15(12-16)13-18-14-4-5-14/h6-7,12,14,18H,3-5,8-11,13H2,1-2H3. The van der Waals surface area contributed by atoms with Crippen molar-refractivity contribution in [1.82, 2.24) is 10.3 Å². The Morgan fingerprint density at radius 1 is 1.24 bits per heavy atom. The number of hydrogen-bond acceptors (Lipinski definition) is 5. The highest BCUT2D eigenvalue weighted by atomic mass is 16.5. The van der Waals surface area contributed by atoms with Crippen molar-refractivity contribution >= 4 is 5.69 Å². The summed E-state index contributed by atoms with van der Waals surface area (Å²) >= 11 is 0. The van der Waals surface area contributed by atoms with E-state index in [0.29, 0.717) is 6.04 Å². The molecule has 0 aliphatic heterocycles. The molecule has 118 valence electrons. The van der Waals surface area contributed by atoms with Gasteiger partial charge in [0, 0.05) is 58.4 Å². The lowest BCUT2D eigenvalue weighted by Gasteiger charge is -2.25. The maximum atomic E-state index is 5.22. The van der Waals surface area contributed by atoms with E-state index in [4.69, 9.17) is 9.47 Å². The Kier molecular flexibility index (Phi) is 6.92. The molecule has 0 saturated heterocycles. The molecule has 1 heterocycles. The molecule has 0 amide bonds. The summed E-state index contributed by atoms with van der Waals surface area (Å²) in [5, 5.41) is 3.51. The van der Waals surface area contributed by atoms with Gasteiger partial charge in [0.25, 0.3) is 0 Å². The molecular formula is C16H27N3O2. The third-order valence-electron chi connectivity index (χ3n) is 3.66. The molecule has 1 saturated carbocycles. The maximum absolute atomic E-state index is 5.22. The highest BCUT2D eigenvalue weighted by Crippen LogP contribution is 2.20. The highest BCUT2D eigenvalue weighted by Gasteiger charge is 2.20. The molecule has 5 heteroatoms. The molecular weight excluding hydrogens is 266 g/mol. The van der Waals surface area contributed by atoms with Gasteiger partial charge in [-0.25, -0.2) is 0 Å². The van der Waals surface area contributed by atoms with Crippen LogP contribution in [0.2, 0.25) is 0 Å². The van der Waals surface area contributed by atoms with E-state index in [0.717, 1.165) is 45.0 Å². The van der Waals surface area contributed by atoms with Gasteiger partial charge in [-0.05, 0) is 31.4 Å². The number of hydrogen-bond donors (Lipinski definition) is 1. The fourth-order valence-electron chi connectivity index (χ4n) is 2.27. The molecule has 1 aliphatic carbocycles. The highest BCUT2D eigenvalue weighted by molar-refractivity contribution is 5.46.